The maximum atomic E-state index is 13.7. The van der Waals surface area contributed by atoms with Crippen LogP contribution in [0, 0.1) is 0 Å². The van der Waals surface area contributed by atoms with Gasteiger partial charge in [-0.15, -0.1) is 0 Å². The minimum Gasteiger partial charge on any atom is -0.480 e. The Kier molecular flexibility index (Phi) is 5.34. The van der Waals surface area contributed by atoms with E-state index in [9.17, 15) is 14.7 Å². The lowest BCUT2D eigenvalue weighted by Crippen LogP contribution is -2.42. The zero-order valence-corrected chi connectivity index (χ0v) is 19.4. The molecule has 36 heavy (non-hydrogen) atoms. The number of fused-ring (bicyclic) bond motifs is 4. The summed E-state index contributed by atoms with van der Waals surface area (Å²) in [6.07, 6.45) is 0.172. The zero-order chi connectivity index (χ0) is 24.6. The maximum Gasteiger partial charge on any atom is 0.326 e. The van der Waals surface area contributed by atoms with Crippen LogP contribution in [-0.2, 0) is 11.2 Å². The molecule has 0 fully saturated rings. The molecule has 6 rings (SSSR count). The van der Waals surface area contributed by atoms with Crippen molar-refractivity contribution in [2.24, 2.45) is 0 Å². The standard InChI is InChI=1S/C32H23NO3/c34-31(30-26-15-7-3-11-22(26)18-23-12-4-8-16-27(23)30)33-29(32(35)36)19-28-24-13-5-1-9-20(24)17-21-10-2-6-14-25(21)28/h1-18,29H,19H2,(H,33,34)(H,35,36)/t29-/m1/s1. The summed E-state index contributed by atoms with van der Waals surface area (Å²) in [7, 11) is 0. The van der Waals surface area contributed by atoms with Gasteiger partial charge in [-0.25, -0.2) is 4.79 Å². The summed E-state index contributed by atoms with van der Waals surface area (Å²) in [5.41, 5.74) is 1.41. The lowest BCUT2D eigenvalue weighted by atomic mass is 9.92. The van der Waals surface area contributed by atoms with Crippen LogP contribution in [0.4, 0.5) is 0 Å². The van der Waals surface area contributed by atoms with Crippen molar-refractivity contribution in [1.29, 1.82) is 0 Å². The molecule has 0 unspecified atom stereocenters. The van der Waals surface area contributed by atoms with Crippen LogP contribution in [-0.4, -0.2) is 23.0 Å². The van der Waals surface area contributed by atoms with E-state index in [2.05, 4.69) is 17.4 Å². The Labute approximate surface area is 207 Å². The maximum absolute atomic E-state index is 13.7. The van der Waals surface area contributed by atoms with Gasteiger partial charge in [0.15, 0.2) is 0 Å². The van der Waals surface area contributed by atoms with E-state index in [1.54, 1.807) is 0 Å². The van der Waals surface area contributed by atoms with E-state index < -0.39 is 12.0 Å². The van der Waals surface area contributed by atoms with Crippen molar-refractivity contribution in [3.63, 3.8) is 0 Å². The predicted molar refractivity (Wildman–Crippen MR) is 146 cm³/mol. The van der Waals surface area contributed by atoms with Crippen molar-refractivity contribution in [2.45, 2.75) is 12.5 Å². The van der Waals surface area contributed by atoms with Crippen molar-refractivity contribution < 1.29 is 14.7 Å². The number of hydrogen-bond donors (Lipinski definition) is 2. The second-order valence-corrected chi connectivity index (χ2v) is 9.06. The highest BCUT2D eigenvalue weighted by Crippen LogP contribution is 2.31. The lowest BCUT2D eigenvalue weighted by Gasteiger charge is -2.19. The summed E-state index contributed by atoms with van der Waals surface area (Å²) in [6, 6.07) is 34.4. The monoisotopic (exact) mass is 469 g/mol. The SMILES string of the molecule is O=C(N[C@H](Cc1c2ccccc2cc2ccccc12)C(=O)O)c1c2ccccc2cc2ccccc12. The number of nitrogens with one attached hydrogen (secondary N) is 1. The fourth-order valence-corrected chi connectivity index (χ4v) is 5.22. The van der Waals surface area contributed by atoms with Crippen molar-refractivity contribution in [3.05, 3.63) is 120 Å². The number of carbonyl (C=O) groups excluding carboxylic acids is 1. The van der Waals surface area contributed by atoms with Crippen LogP contribution in [0.25, 0.3) is 43.1 Å². The highest BCUT2D eigenvalue weighted by atomic mass is 16.4. The minimum absolute atomic E-state index is 0.172. The van der Waals surface area contributed by atoms with Gasteiger partial charge in [0.1, 0.15) is 6.04 Å². The summed E-state index contributed by atoms with van der Waals surface area (Å²) in [4.78, 5) is 26.2. The van der Waals surface area contributed by atoms with E-state index in [1.165, 1.54) is 0 Å². The van der Waals surface area contributed by atoms with Crippen LogP contribution in [0.15, 0.2) is 109 Å². The fourth-order valence-electron chi connectivity index (χ4n) is 5.22. The number of carboxylic acids is 1. The van der Waals surface area contributed by atoms with Gasteiger partial charge in [0.2, 0.25) is 0 Å². The van der Waals surface area contributed by atoms with Gasteiger partial charge in [-0.3, -0.25) is 4.79 Å². The third-order valence-corrected chi connectivity index (χ3v) is 6.89. The molecule has 4 heteroatoms. The minimum atomic E-state index is -1.09. The Morgan fingerprint density at radius 2 is 1.00 bits per heavy atom. The molecule has 0 aromatic heterocycles. The zero-order valence-electron chi connectivity index (χ0n) is 19.4. The molecular weight excluding hydrogens is 446 g/mol. The van der Waals surface area contributed by atoms with Crippen molar-refractivity contribution >= 4 is 55.0 Å². The molecule has 0 bridgehead atoms. The van der Waals surface area contributed by atoms with Crippen LogP contribution in [0.3, 0.4) is 0 Å². The van der Waals surface area contributed by atoms with Gasteiger partial charge >= 0.3 is 5.97 Å². The molecule has 1 atom stereocenters. The number of rotatable bonds is 5. The molecule has 0 saturated heterocycles. The average molecular weight is 470 g/mol. The van der Waals surface area contributed by atoms with Gasteiger partial charge in [-0.05, 0) is 60.8 Å². The Morgan fingerprint density at radius 3 is 1.44 bits per heavy atom. The molecule has 2 N–H and O–H groups in total. The highest BCUT2D eigenvalue weighted by molar-refractivity contribution is 6.18. The van der Waals surface area contributed by atoms with Crippen molar-refractivity contribution in [1.82, 2.24) is 5.32 Å². The topological polar surface area (TPSA) is 66.4 Å². The molecule has 0 radical (unpaired) electrons. The van der Waals surface area contributed by atoms with Gasteiger partial charge in [0, 0.05) is 6.42 Å². The van der Waals surface area contributed by atoms with Crippen molar-refractivity contribution in [2.75, 3.05) is 0 Å². The van der Waals surface area contributed by atoms with Gasteiger partial charge in [0.25, 0.3) is 5.91 Å². The lowest BCUT2D eigenvalue weighted by molar-refractivity contribution is -0.139. The largest absolute Gasteiger partial charge is 0.480 e. The molecule has 0 aliphatic rings. The second kappa shape index (κ2) is 8.82. The van der Waals surface area contributed by atoms with Crippen LogP contribution in [0.2, 0.25) is 0 Å². The third kappa shape index (κ3) is 3.73. The van der Waals surface area contributed by atoms with Gasteiger partial charge in [0.05, 0.1) is 5.56 Å². The smallest absolute Gasteiger partial charge is 0.326 e. The Morgan fingerprint density at radius 1 is 0.611 bits per heavy atom. The molecule has 1 amide bonds. The Hall–Kier alpha value is -4.70. The molecule has 0 saturated carbocycles. The highest BCUT2D eigenvalue weighted by Gasteiger charge is 2.25. The summed E-state index contributed by atoms with van der Waals surface area (Å²) in [5, 5.41) is 20.6. The van der Waals surface area contributed by atoms with Crippen LogP contribution < -0.4 is 5.32 Å². The fraction of sp³-hybridized carbons (Fsp3) is 0.0625. The first kappa shape index (κ1) is 21.8. The number of carbonyl (C=O) groups is 2. The molecular formula is C32H23NO3. The molecule has 174 valence electrons. The quantitative estimate of drug-likeness (QED) is 0.275. The van der Waals surface area contributed by atoms with Gasteiger partial charge < -0.3 is 10.4 Å². The van der Waals surface area contributed by atoms with Crippen LogP contribution >= 0.6 is 0 Å². The van der Waals surface area contributed by atoms with E-state index in [0.29, 0.717) is 5.56 Å². The van der Waals surface area contributed by atoms with E-state index in [1.807, 2.05) is 97.1 Å². The summed E-state index contributed by atoms with van der Waals surface area (Å²) < 4.78 is 0. The van der Waals surface area contributed by atoms with Crippen molar-refractivity contribution in [3.8, 4) is 0 Å². The summed E-state index contributed by atoms with van der Waals surface area (Å²) in [5.74, 6) is -1.45. The van der Waals surface area contributed by atoms with Gasteiger partial charge in [-0.1, -0.05) is 97.1 Å². The van der Waals surface area contributed by atoms with E-state index in [4.69, 9.17) is 0 Å². The first-order valence-corrected chi connectivity index (χ1v) is 11.9. The molecule has 0 aliphatic heterocycles. The molecule has 6 aromatic carbocycles. The second-order valence-electron chi connectivity index (χ2n) is 9.06. The Bertz CT molecular complexity index is 1700. The number of amides is 1. The molecule has 0 aliphatic carbocycles. The molecule has 4 nitrogen and oxygen atoms in total. The van der Waals surface area contributed by atoms with Crippen LogP contribution in [0.1, 0.15) is 15.9 Å². The molecule has 6 aromatic rings. The van der Waals surface area contributed by atoms with E-state index >= 15 is 0 Å². The predicted octanol–water partition coefficient (Wildman–Crippen LogP) is 6.73. The normalized spacial score (nSPS) is 12.2. The average Bonchev–Trinajstić information content (AvgIpc) is 2.90. The van der Waals surface area contributed by atoms with Crippen LogP contribution in [0.5, 0.6) is 0 Å². The number of carboxylic acid groups (broad SMARTS) is 1. The van der Waals surface area contributed by atoms with E-state index in [0.717, 1.165) is 48.7 Å². The third-order valence-electron chi connectivity index (χ3n) is 6.89. The molecule has 0 spiro atoms. The van der Waals surface area contributed by atoms with E-state index in [-0.39, 0.29) is 12.3 Å². The number of benzene rings is 6. The molecule has 0 heterocycles. The summed E-state index contributed by atoms with van der Waals surface area (Å²) >= 11 is 0. The Balaban J connectivity index is 1.46. The number of hydrogen-bond acceptors (Lipinski definition) is 2. The summed E-state index contributed by atoms with van der Waals surface area (Å²) in [6.45, 7) is 0. The van der Waals surface area contributed by atoms with Gasteiger partial charge in [-0.2, -0.15) is 0 Å². The first-order chi connectivity index (χ1) is 17.6. The first-order valence-electron chi connectivity index (χ1n) is 11.9. The number of aliphatic carboxylic acids is 1.